The van der Waals surface area contributed by atoms with Crippen molar-refractivity contribution in [2.75, 3.05) is 20.4 Å². The molecule has 0 unspecified atom stereocenters. The van der Waals surface area contributed by atoms with Crippen molar-refractivity contribution in [3.05, 3.63) is 0 Å². The van der Waals surface area contributed by atoms with Crippen LogP contribution in [0.3, 0.4) is 0 Å². The van der Waals surface area contributed by atoms with Gasteiger partial charge in [-0.15, -0.1) is 0 Å². The van der Waals surface area contributed by atoms with Gasteiger partial charge in [0.2, 0.25) is 8.32 Å². The van der Waals surface area contributed by atoms with E-state index in [4.69, 9.17) is 13.3 Å². The van der Waals surface area contributed by atoms with Gasteiger partial charge in [-0.25, -0.2) is 0 Å². The molecule has 0 bridgehead atoms. The second-order valence-corrected chi connectivity index (χ2v) is 20.0. The quantitative estimate of drug-likeness (QED) is 0.724. The Morgan fingerprint density at radius 1 is 0.647 bits per heavy atom. The summed E-state index contributed by atoms with van der Waals surface area (Å²) < 4.78 is 16.2. The van der Waals surface area contributed by atoms with Crippen LogP contribution in [0.1, 0.15) is 0 Å². The number of hydrogen-bond donors (Lipinski definition) is 0. The molecule has 106 valence electrons. The van der Waals surface area contributed by atoms with E-state index in [9.17, 15) is 0 Å². The topological polar surface area (TPSA) is 27.7 Å². The van der Waals surface area contributed by atoms with Crippen LogP contribution in [0.5, 0.6) is 0 Å². The molecule has 0 spiro atoms. The molecule has 0 aliphatic rings. The summed E-state index contributed by atoms with van der Waals surface area (Å²) >= 11 is 0. The molecule has 17 heavy (non-hydrogen) atoms. The monoisotopic (exact) mass is 296 g/mol. The summed E-state index contributed by atoms with van der Waals surface area (Å²) in [5, 5.41) is 0. The van der Waals surface area contributed by atoms with E-state index >= 15 is 0 Å². The standard InChI is InChI=1S/C7H20O2Si2.C4H12OSi/c1-8-11(5,6)7-9-10(2,3)4;1-5-6(2,3)4/h7H2,1-6H3;1-4H3. The lowest BCUT2D eigenvalue weighted by atomic mass is 11.7. The SMILES string of the molecule is CO[Si](C)(C)C.CO[Si](C)(C)CO[Si](C)(C)C. The Labute approximate surface area is 111 Å². The Bertz CT molecular complexity index is 195. The van der Waals surface area contributed by atoms with Crippen molar-refractivity contribution >= 4 is 25.0 Å². The van der Waals surface area contributed by atoms with Gasteiger partial charge in [-0.05, 0) is 52.4 Å². The largest absolute Gasteiger partial charge is 0.421 e. The van der Waals surface area contributed by atoms with Crippen LogP contribution < -0.4 is 0 Å². The highest BCUT2D eigenvalue weighted by Crippen LogP contribution is 2.09. The fourth-order valence-corrected chi connectivity index (χ4v) is 3.69. The second kappa shape index (κ2) is 7.85. The highest BCUT2D eigenvalue weighted by atomic mass is 28.4. The first-order valence-corrected chi connectivity index (χ1v) is 16.0. The first-order valence-electron chi connectivity index (χ1n) is 6.07. The molecule has 0 aliphatic heterocycles. The van der Waals surface area contributed by atoms with E-state index in [0.717, 1.165) is 6.23 Å². The van der Waals surface area contributed by atoms with E-state index in [1.54, 1.807) is 14.2 Å². The van der Waals surface area contributed by atoms with E-state index in [1.165, 1.54) is 0 Å². The fourth-order valence-electron chi connectivity index (χ4n) is 0.449. The first kappa shape index (κ1) is 19.9. The average Bonchev–Trinajstić information content (AvgIpc) is 2.14. The van der Waals surface area contributed by atoms with Gasteiger partial charge in [0.25, 0.3) is 0 Å². The summed E-state index contributed by atoms with van der Waals surface area (Å²) in [4.78, 5) is 0. The fraction of sp³-hybridized carbons (Fsp3) is 1.00. The van der Waals surface area contributed by atoms with Crippen LogP contribution >= 0.6 is 0 Å². The summed E-state index contributed by atoms with van der Waals surface area (Å²) in [5.41, 5.74) is 0. The molecule has 0 saturated heterocycles. The summed E-state index contributed by atoms with van der Waals surface area (Å²) in [6, 6.07) is 0. The lowest BCUT2D eigenvalue weighted by Crippen LogP contribution is -2.40. The zero-order valence-electron chi connectivity index (χ0n) is 13.4. The third-order valence-electron chi connectivity index (χ3n) is 2.02. The molecule has 0 radical (unpaired) electrons. The lowest BCUT2D eigenvalue weighted by Gasteiger charge is -2.25. The highest BCUT2D eigenvalue weighted by Gasteiger charge is 2.25. The Morgan fingerprint density at radius 3 is 1.18 bits per heavy atom. The van der Waals surface area contributed by atoms with Crippen molar-refractivity contribution in [3.63, 3.8) is 0 Å². The van der Waals surface area contributed by atoms with Crippen molar-refractivity contribution in [3.8, 4) is 0 Å². The number of rotatable bonds is 5. The molecule has 0 aromatic carbocycles. The Morgan fingerprint density at radius 2 is 1.00 bits per heavy atom. The van der Waals surface area contributed by atoms with Crippen molar-refractivity contribution in [2.45, 2.75) is 52.4 Å². The zero-order valence-corrected chi connectivity index (χ0v) is 16.4. The van der Waals surface area contributed by atoms with E-state index in [2.05, 4.69) is 52.4 Å². The van der Waals surface area contributed by atoms with Gasteiger partial charge in [-0.3, -0.25) is 0 Å². The van der Waals surface area contributed by atoms with Crippen LogP contribution in [0.4, 0.5) is 0 Å². The summed E-state index contributed by atoms with van der Waals surface area (Å²) in [5.74, 6) is 0. The molecule has 3 nitrogen and oxygen atoms in total. The second-order valence-electron chi connectivity index (χ2n) is 6.68. The smallest absolute Gasteiger partial charge is 0.210 e. The van der Waals surface area contributed by atoms with Gasteiger partial charge < -0.3 is 13.3 Å². The normalized spacial score (nSPS) is 13.1. The highest BCUT2D eigenvalue weighted by molar-refractivity contribution is 6.74. The average molecular weight is 297 g/mol. The van der Waals surface area contributed by atoms with Gasteiger partial charge >= 0.3 is 0 Å². The molecule has 0 heterocycles. The van der Waals surface area contributed by atoms with Gasteiger partial charge in [0, 0.05) is 14.2 Å². The minimum atomic E-state index is -1.47. The maximum atomic E-state index is 5.76. The predicted octanol–water partition coefficient (Wildman–Crippen LogP) is 3.70. The van der Waals surface area contributed by atoms with Gasteiger partial charge in [-0.1, -0.05) is 0 Å². The zero-order chi connectivity index (χ0) is 14.3. The Kier molecular flexibility index (Phi) is 9.18. The summed E-state index contributed by atoms with van der Waals surface area (Å²) in [6.45, 7) is 17.4. The van der Waals surface area contributed by atoms with E-state index in [-0.39, 0.29) is 0 Å². The molecule has 0 aliphatic carbocycles. The van der Waals surface area contributed by atoms with Crippen molar-refractivity contribution in [2.24, 2.45) is 0 Å². The van der Waals surface area contributed by atoms with Crippen LogP contribution in [0.2, 0.25) is 52.4 Å². The van der Waals surface area contributed by atoms with Gasteiger partial charge in [-0.2, -0.15) is 0 Å². The molecule has 0 N–H and O–H groups in total. The molecule has 0 aromatic heterocycles. The summed E-state index contributed by atoms with van der Waals surface area (Å²) in [6.07, 6.45) is 0.833. The van der Waals surface area contributed by atoms with Gasteiger partial charge in [0.1, 0.15) is 0 Å². The Balaban J connectivity index is 0. The van der Waals surface area contributed by atoms with Crippen LogP contribution in [-0.2, 0) is 13.3 Å². The van der Waals surface area contributed by atoms with Gasteiger partial charge in [0.05, 0.1) is 6.23 Å². The molecule has 0 atom stereocenters. The molecular weight excluding hydrogens is 264 g/mol. The molecule has 0 fully saturated rings. The van der Waals surface area contributed by atoms with Crippen LogP contribution in [0.15, 0.2) is 0 Å². The molecule has 0 rings (SSSR count). The van der Waals surface area contributed by atoms with E-state index in [0.29, 0.717) is 0 Å². The maximum absolute atomic E-state index is 5.76. The van der Waals surface area contributed by atoms with Crippen molar-refractivity contribution < 1.29 is 13.3 Å². The molecule has 0 amide bonds. The van der Waals surface area contributed by atoms with E-state index in [1.807, 2.05) is 0 Å². The van der Waals surface area contributed by atoms with Crippen LogP contribution in [0.25, 0.3) is 0 Å². The van der Waals surface area contributed by atoms with Crippen LogP contribution in [0, 0.1) is 0 Å². The molecule has 0 saturated carbocycles. The predicted molar refractivity (Wildman–Crippen MR) is 84.1 cm³/mol. The van der Waals surface area contributed by atoms with Crippen molar-refractivity contribution in [1.29, 1.82) is 0 Å². The van der Waals surface area contributed by atoms with Crippen LogP contribution in [-0.4, -0.2) is 45.4 Å². The number of hydrogen-bond acceptors (Lipinski definition) is 3. The lowest BCUT2D eigenvalue weighted by molar-refractivity contribution is 0.316. The van der Waals surface area contributed by atoms with E-state index < -0.39 is 25.0 Å². The molecule has 6 heteroatoms. The summed E-state index contributed by atoms with van der Waals surface area (Å²) in [7, 11) is -0.387. The minimum absolute atomic E-state index is 0.833. The Hall–Kier alpha value is 0.531. The third-order valence-corrected chi connectivity index (χ3v) is 6.49. The molecular formula is C11H32O3Si3. The third kappa shape index (κ3) is 19.1. The minimum Gasteiger partial charge on any atom is -0.421 e. The van der Waals surface area contributed by atoms with Gasteiger partial charge in [0.15, 0.2) is 16.6 Å². The van der Waals surface area contributed by atoms with Crippen molar-refractivity contribution in [1.82, 2.24) is 0 Å². The maximum Gasteiger partial charge on any atom is 0.210 e. The first-order chi connectivity index (χ1) is 7.33. The molecule has 0 aromatic rings.